The molecule has 3 aromatic rings. The Bertz CT molecular complexity index is 1240. The Hall–Kier alpha value is -3.50. The van der Waals surface area contributed by atoms with Gasteiger partial charge in [0.2, 0.25) is 0 Å². The van der Waals surface area contributed by atoms with E-state index in [-0.39, 0.29) is 25.7 Å². The minimum absolute atomic E-state index is 0.232. The first kappa shape index (κ1) is 32.0. The highest BCUT2D eigenvalue weighted by Crippen LogP contribution is 2.20. The lowest BCUT2D eigenvalue weighted by atomic mass is 10.1. The number of halogens is 2. The van der Waals surface area contributed by atoms with Crippen molar-refractivity contribution in [2.75, 3.05) is 45.3 Å². The van der Waals surface area contributed by atoms with Gasteiger partial charge in [-0.25, -0.2) is 9.59 Å². The van der Waals surface area contributed by atoms with Gasteiger partial charge in [0, 0.05) is 35.3 Å². The van der Waals surface area contributed by atoms with Crippen LogP contribution in [0.5, 0.6) is 11.5 Å². The third-order valence-corrected chi connectivity index (χ3v) is 6.38. The number of amides is 2. The number of carbonyl (C=O) groups is 2. The lowest BCUT2D eigenvalue weighted by Crippen LogP contribution is -2.40. The summed E-state index contributed by atoms with van der Waals surface area (Å²) in [5.74, 6) is 0.285. The van der Waals surface area contributed by atoms with Gasteiger partial charge in [-0.1, -0.05) is 35.3 Å². The molecule has 0 bridgehead atoms. The second-order valence-corrected chi connectivity index (χ2v) is 9.83. The number of nitrogens with one attached hydrogen (secondary N) is 1. The summed E-state index contributed by atoms with van der Waals surface area (Å²) in [5, 5.41) is 13.2. The van der Waals surface area contributed by atoms with Crippen molar-refractivity contribution in [3.05, 3.63) is 87.9 Å². The standard InChI is InChI=1S/C30H34Cl2N2O7/c1-3-40-28(29(35)36)18-21-4-8-27(9-5-21)41-15-13-34(30(37)33-25-6-10-26(38-2)11-7-25)12-14-39-20-22-16-23(31)19-24(32)17-22/h4-11,16-17,19,28H,3,12-15,18,20H2,1-2H3,(H,33,37)(H,35,36). The number of carboxylic acids is 1. The molecule has 0 aliphatic heterocycles. The highest BCUT2D eigenvalue weighted by Gasteiger charge is 2.18. The number of anilines is 1. The predicted octanol–water partition coefficient (Wildman–Crippen LogP) is 6.16. The number of aliphatic carboxylic acids is 1. The van der Waals surface area contributed by atoms with Crippen LogP contribution in [-0.4, -0.2) is 68.1 Å². The van der Waals surface area contributed by atoms with Crippen LogP contribution >= 0.6 is 23.2 Å². The molecule has 3 rings (SSSR count). The number of urea groups is 1. The van der Waals surface area contributed by atoms with E-state index < -0.39 is 12.1 Å². The molecule has 0 aliphatic rings. The summed E-state index contributed by atoms with van der Waals surface area (Å²) in [6, 6.07) is 19.1. The number of ether oxygens (including phenoxy) is 4. The Morgan fingerprint density at radius 2 is 1.54 bits per heavy atom. The van der Waals surface area contributed by atoms with Crippen LogP contribution in [0.2, 0.25) is 10.0 Å². The lowest BCUT2D eigenvalue weighted by Gasteiger charge is -2.23. The van der Waals surface area contributed by atoms with Gasteiger partial charge < -0.3 is 34.3 Å². The summed E-state index contributed by atoms with van der Waals surface area (Å²) in [6.07, 6.45) is -0.646. The fourth-order valence-corrected chi connectivity index (χ4v) is 4.45. The Morgan fingerprint density at radius 3 is 2.15 bits per heavy atom. The average Bonchev–Trinajstić information content (AvgIpc) is 2.94. The van der Waals surface area contributed by atoms with Crippen LogP contribution in [0, 0.1) is 0 Å². The fourth-order valence-electron chi connectivity index (χ4n) is 3.88. The van der Waals surface area contributed by atoms with Crippen molar-refractivity contribution in [1.29, 1.82) is 0 Å². The van der Waals surface area contributed by atoms with Crippen LogP contribution in [-0.2, 0) is 27.3 Å². The molecule has 0 aromatic heterocycles. The van der Waals surface area contributed by atoms with Crippen molar-refractivity contribution in [3.8, 4) is 11.5 Å². The third kappa shape index (κ3) is 11.1. The second kappa shape index (κ2) is 16.7. The molecule has 0 radical (unpaired) electrons. The highest BCUT2D eigenvalue weighted by molar-refractivity contribution is 6.34. The van der Waals surface area contributed by atoms with Crippen molar-refractivity contribution in [1.82, 2.24) is 4.90 Å². The van der Waals surface area contributed by atoms with E-state index in [4.69, 9.17) is 42.1 Å². The molecule has 3 aromatic carbocycles. The van der Waals surface area contributed by atoms with Gasteiger partial charge in [0.1, 0.15) is 18.1 Å². The summed E-state index contributed by atoms with van der Waals surface area (Å²) in [6.45, 7) is 3.49. The van der Waals surface area contributed by atoms with E-state index in [2.05, 4.69) is 5.32 Å². The van der Waals surface area contributed by atoms with E-state index >= 15 is 0 Å². The van der Waals surface area contributed by atoms with Gasteiger partial charge in [-0.15, -0.1) is 0 Å². The molecule has 2 N–H and O–H groups in total. The molecule has 1 atom stereocenters. The minimum Gasteiger partial charge on any atom is -0.497 e. The molecule has 0 saturated heterocycles. The van der Waals surface area contributed by atoms with E-state index in [0.717, 1.165) is 11.1 Å². The maximum absolute atomic E-state index is 13.1. The molecule has 0 saturated carbocycles. The maximum Gasteiger partial charge on any atom is 0.333 e. The van der Waals surface area contributed by atoms with Gasteiger partial charge in [0.05, 0.1) is 26.9 Å². The minimum atomic E-state index is -1.000. The third-order valence-electron chi connectivity index (χ3n) is 5.94. The number of carboxylic acid groups (broad SMARTS) is 1. The normalized spacial score (nSPS) is 11.5. The number of benzene rings is 3. The van der Waals surface area contributed by atoms with Crippen molar-refractivity contribution in [2.24, 2.45) is 0 Å². The number of methoxy groups -OCH3 is 1. The Labute approximate surface area is 249 Å². The van der Waals surface area contributed by atoms with E-state index in [1.54, 1.807) is 85.7 Å². The summed E-state index contributed by atoms with van der Waals surface area (Å²) in [5.41, 5.74) is 2.27. The van der Waals surface area contributed by atoms with E-state index in [0.29, 0.717) is 53.5 Å². The first-order valence-electron chi connectivity index (χ1n) is 13.1. The van der Waals surface area contributed by atoms with Crippen LogP contribution in [0.25, 0.3) is 0 Å². The fraction of sp³-hybridized carbons (Fsp3) is 0.333. The summed E-state index contributed by atoms with van der Waals surface area (Å²) < 4.78 is 22.1. The molecule has 41 heavy (non-hydrogen) atoms. The van der Waals surface area contributed by atoms with Crippen LogP contribution in [0.1, 0.15) is 18.1 Å². The molecular formula is C30H34Cl2N2O7. The molecule has 220 valence electrons. The summed E-state index contributed by atoms with van der Waals surface area (Å²) in [4.78, 5) is 26.0. The predicted molar refractivity (Wildman–Crippen MR) is 158 cm³/mol. The van der Waals surface area contributed by atoms with Crippen LogP contribution in [0.15, 0.2) is 66.7 Å². The van der Waals surface area contributed by atoms with Crippen molar-refractivity contribution < 1.29 is 33.6 Å². The summed E-state index contributed by atoms with van der Waals surface area (Å²) >= 11 is 12.1. The van der Waals surface area contributed by atoms with Crippen molar-refractivity contribution in [2.45, 2.75) is 26.1 Å². The molecule has 11 heteroatoms. The number of carbonyl (C=O) groups excluding carboxylic acids is 1. The van der Waals surface area contributed by atoms with Gasteiger partial charge in [-0.05, 0) is 72.6 Å². The van der Waals surface area contributed by atoms with Gasteiger partial charge in [0.15, 0.2) is 6.10 Å². The number of rotatable bonds is 16. The Morgan fingerprint density at radius 1 is 0.902 bits per heavy atom. The highest BCUT2D eigenvalue weighted by atomic mass is 35.5. The molecular weight excluding hydrogens is 571 g/mol. The molecule has 1 unspecified atom stereocenters. The Balaban J connectivity index is 1.56. The molecule has 0 heterocycles. The molecule has 0 spiro atoms. The van der Waals surface area contributed by atoms with Gasteiger partial charge >= 0.3 is 12.0 Å². The number of nitrogens with zero attached hydrogens (tertiary/aromatic N) is 1. The zero-order chi connectivity index (χ0) is 29.6. The van der Waals surface area contributed by atoms with Gasteiger partial charge in [0.25, 0.3) is 0 Å². The molecule has 9 nitrogen and oxygen atoms in total. The number of hydrogen-bond acceptors (Lipinski definition) is 6. The maximum atomic E-state index is 13.1. The molecule has 0 fully saturated rings. The van der Waals surface area contributed by atoms with E-state index in [9.17, 15) is 14.7 Å². The second-order valence-electron chi connectivity index (χ2n) is 8.95. The molecule has 0 aliphatic carbocycles. The Kier molecular flexibility index (Phi) is 13.0. The van der Waals surface area contributed by atoms with Crippen LogP contribution in [0.4, 0.5) is 10.5 Å². The zero-order valence-electron chi connectivity index (χ0n) is 23.0. The van der Waals surface area contributed by atoms with Crippen molar-refractivity contribution in [3.63, 3.8) is 0 Å². The zero-order valence-corrected chi connectivity index (χ0v) is 24.5. The summed E-state index contributed by atoms with van der Waals surface area (Å²) in [7, 11) is 1.58. The smallest absolute Gasteiger partial charge is 0.333 e. The first-order chi connectivity index (χ1) is 19.8. The van der Waals surface area contributed by atoms with Crippen LogP contribution in [0.3, 0.4) is 0 Å². The SMILES string of the molecule is CCOC(Cc1ccc(OCCN(CCOCc2cc(Cl)cc(Cl)c2)C(=O)Nc2ccc(OC)cc2)cc1)C(=O)O. The average molecular weight is 606 g/mol. The lowest BCUT2D eigenvalue weighted by molar-refractivity contribution is -0.149. The number of hydrogen-bond donors (Lipinski definition) is 2. The largest absolute Gasteiger partial charge is 0.497 e. The topological polar surface area (TPSA) is 107 Å². The quantitative estimate of drug-likeness (QED) is 0.188. The van der Waals surface area contributed by atoms with E-state index in [1.165, 1.54) is 0 Å². The first-order valence-corrected chi connectivity index (χ1v) is 13.8. The van der Waals surface area contributed by atoms with Crippen LogP contribution < -0.4 is 14.8 Å². The molecule has 2 amide bonds. The van der Waals surface area contributed by atoms with Gasteiger partial charge in [-0.2, -0.15) is 0 Å². The van der Waals surface area contributed by atoms with Crippen molar-refractivity contribution >= 4 is 40.9 Å². The van der Waals surface area contributed by atoms with Gasteiger partial charge in [-0.3, -0.25) is 0 Å². The monoisotopic (exact) mass is 604 g/mol. The van der Waals surface area contributed by atoms with E-state index in [1.807, 2.05) is 0 Å².